The average molecular weight is 382 g/mol. The van der Waals surface area contributed by atoms with Gasteiger partial charge in [0.15, 0.2) is 6.61 Å². The highest BCUT2D eigenvalue weighted by Gasteiger charge is 2.05. The highest BCUT2D eigenvalue weighted by Crippen LogP contribution is 2.22. The van der Waals surface area contributed by atoms with Crippen molar-refractivity contribution in [1.29, 1.82) is 0 Å². The summed E-state index contributed by atoms with van der Waals surface area (Å²) in [6.45, 7) is 2.57. The predicted molar refractivity (Wildman–Crippen MR) is 107 cm³/mol. The summed E-state index contributed by atoms with van der Waals surface area (Å²) in [5.41, 5.74) is 3.29. The van der Waals surface area contributed by atoms with Gasteiger partial charge in [-0.15, -0.1) is 11.3 Å². The summed E-state index contributed by atoms with van der Waals surface area (Å²) in [6.07, 6.45) is 0.769. The van der Waals surface area contributed by atoms with Crippen molar-refractivity contribution in [2.75, 3.05) is 20.3 Å². The number of benzene rings is 2. The van der Waals surface area contributed by atoms with E-state index in [1.165, 1.54) is 5.56 Å². The molecule has 5 nitrogen and oxygen atoms in total. The smallest absolute Gasteiger partial charge is 0.257 e. The zero-order valence-corrected chi connectivity index (χ0v) is 16.2. The van der Waals surface area contributed by atoms with Crippen LogP contribution in [0.1, 0.15) is 10.6 Å². The molecule has 3 aromatic rings. The highest BCUT2D eigenvalue weighted by molar-refractivity contribution is 7.09. The minimum Gasteiger partial charge on any atom is -0.497 e. The molecule has 27 heavy (non-hydrogen) atoms. The lowest BCUT2D eigenvalue weighted by Gasteiger charge is -2.08. The van der Waals surface area contributed by atoms with Crippen LogP contribution in [-0.2, 0) is 11.2 Å². The summed E-state index contributed by atoms with van der Waals surface area (Å²) >= 11 is 1.65. The van der Waals surface area contributed by atoms with Crippen LogP contribution in [0, 0.1) is 6.92 Å². The van der Waals surface area contributed by atoms with Crippen LogP contribution in [0.25, 0.3) is 11.3 Å². The fourth-order valence-corrected chi connectivity index (χ4v) is 3.18. The molecule has 2 aromatic carbocycles. The number of methoxy groups -OCH3 is 1. The summed E-state index contributed by atoms with van der Waals surface area (Å²) in [7, 11) is 1.61. The summed E-state index contributed by atoms with van der Waals surface area (Å²) in [6, 6.07) is 15.4. The van der Waals surface area contributed by atoms with E-state index >= 15 is 0 Å². The van der Waals surface area contributed by atoms with E-state index in [1.54, 1.807) is 42.7 Å². The Bertz CT molecular complexity index is 873. The van der Waals surface area contributed by atoms with Crippen LogP contribution in [0.15, 0.2) is 53.9 Å². The van der Waals surface area contributed by atoms with Gasteiger partial charge >= 0.3 is 0 Å². The van der Waals surface area contributed by atoms with Gasteiger partial charge in [-0.25, -0.2) is 4.98 Å². The number of aryl methyl sites for hydroxylation is 1. The maximum absolute atomic E-state index is 11.9. The summed E-state index contributed by atoms with van der Waals surface area (Å²) in [4.78, 5) is 16.4. The first kappa shape index (κ1) is 18.9. The normalized spacial score (nSPS) is 10.4. The van der Waals surface area contributed by atoms with E-state index < -0.39 is 0 Å². The third-order valence-electron chi connectivity index (χ3n) is 4.03. The summed E-state index contributed by atoms with van der Waals surface area (Å²) < 4.78 is 10.5. The van der Waals surface area contributed by atoms with Gasteiger partial charge in [-0.3, -0.25) is 4.79 Å². The van der Waals surface area contributed by atoms with Crippen molar-refractivity contribution in [3.05, 3.63) is 64.5 Å². The minimum absolute atomic E-state index is 0.00551. The molecule has 0 fully saturated rings. The molecule has 0 spiro atoms. The molecule has 1 amide bonds. The Kier molecular flexibility index (Phi) is 6.44. The van der Waals surface area contributed by atoms with Crippen molar-refractivity contribution >= 4 is 17.2 Å². The van der Waals surface area contributed by atoms with E-state index in [2.05, 4.69) is 39.9 Å². The molecule has 0 aliphatic carbocycles. The summed E-state index contributed by atoms with van der Waals surface area (Å²) in [5.74, 6) is 1.25. The number of rotatable bonds is 8. The molecule has 0 saturated carbocycles. The number of ether oxygens (including phenoxy) is 2. The van der Waals surface area contributed by atoms with E-state index in [4.69, 9.17) is 9.47 Å². The van der Waals surface area contributed by atoms with Crippen molar-refractivity contribution in [2.24, 2.45) is 0 Å². The highest BCUT2D eigenvalue weighted by atomic mass is 32.1. The number of carbonyl (C=O) groups is 1. The first-order valence-corrected chi connectivity index (χ1v) is 9.57. The Morgan fingerprint density at radius 3 is 2.41 bits per heavy atom. The minimum atomic E-state index is -0.139. The first-order chi connectivity index (χ1) is 13.1. The van der Waals surface area contributed by atoms with E-state index in [1.807, 2.05) is 6.92 Å². The van der Waals surface area contributed by atoms with Gasteiger partial charge in [0.25, 0.3) is 5.91 Å². The molecule has 0 radical (unpaired) electrons. The fourth-order valence-electron chi connectivity index (χ4n) is 2.56. The van der Waals surface area contributed by atoms with Crippen LogP contribution in [0.2, 0.25) is 0 Å². The molecule has 0 bridgehead atoms. The Hall–Kier alpha value is -2.86. The lowest BCUT2D eigenvalue weighted by molar-refractivity contribution is -0.123. The third-order valence-corrected chi connectivity index (χ3v) is 4.81. The first-order valence-electron chi connectivity index (χ1n) is 8.69. The van der Waals surface area contributed by atoms with Crippen LogP contribution >= 0.6 is 11.3 Å². The van der Waals surface area contributed by atoms with Gasteiger partial charge in [-0.1, -0.05) is 24.3 Å². The maximum Gasteiger partial charge on any atom is 0.257 e. The Morgan fingerprint density at radius 2 is 1.78 bits per heavy atom. The van der Waals surface area contributed by atoms with Gasteiger partial charge in [0.2, 0.25) is 0 Å². The molecule has 0 atom stereocenters. The topological polar surface area (TPSA) is 60.5 Å². The molecule has 0 aliphatic rings. The number of aromatic nitrogens is 1. The van der Waals surface area contributed by atoms with Crippen LogP contribution < -0.4 is 14.8 Å². The van der Waals surface area contributed by atoms with Gasteiger partial charge < -0.3 is 14.8 Å². The van der Waals surface area contributed by atoms with Crippen LogP contribution in [0.4, 0.5) is 0 Å². The molecule has 1 heterocycles. The molecule has 0 unspecified atom stereocenters. The molecule has 3 rings (SSSR count). The quantitative estimate of drug-likeness (QED) is 0.643. The Morgan fingerprint density at radius 1 is 1.07 bits per heavy atom. The number of hydrogen-bond acceptors (Lipinski definition) is 5. The zero-order valence-electron chi connectivity index (χ0n) is 15.4. The van der Waals surface area contributed by atoms with E-state index in [9.17, 15) is 4.79 Å². The molecular formula is C21H22N2O3S. The van der Waals surface area contributed by atoms with Gasteiger partial charge in [-0.05, 0) is 43.2 Å². The molecule has 1 N–H and O–H groups in total. The van der Waals surface area contributed by atoms with Gasteiger partial charge in [0.05, 0.1) is 17.8 Å². The molecule has 1 aromatic heterocycles. The number of thiazole rings is 1. The van der Waals surface area contributed by atoms with Gasteiger partial charge in [0, 0.05) is 17.5 Å². The van der Waals surface area contributed by atoms with Crippen molar-refractivity contribution in [3.8, 4) is 22.8 Å². The lowest BCUT2D eigenvalue weighted by atomic mass is 10.1. The molecule has 0 saturated heterocycles. The monoisotopic (exact) mass is 382 g/mol. The standard InChI is InChI=1S/C21H22N2O3S/c1-15-23-20(14-27-15)17-5-3-16(4-6-17)11-12-22-21(24)13-26-19-9-7-18(25-2)8-10-19/h3-10,14H,11-13H2,1-2H3,(H,22,24). The van der Waals surface area contributed by atoms with Crippen LogP contribution in [0.3, 0.4) is 0 Å². The second-order valence-corrected chi connectivity index (χ2v) is 7.08. The lowest BCUT2D eigenvalue weighted by Crippen LogP contribution is -2.30. The van der Waals surface area contributed by atoms with Crippen molar-refractivity contribution in [2.45, 2.75) is 13.3 Å². The fraction of sp³-hybridized carbons (Fsp3) is 0.238. The van der Waals surface area contributed by atoms with Gasteiger partial charge in [-0.2, -0.15) is 0 Å². The largest absolute Gasteiger partial charge is 0.497 e. The summed E-state index contributed by atoms with van der Waals surface area (Å²) in [5, 5.41) is 6.00. The Labute approximate surface area is 163 Å². The Balaban J connectivity index is 1.40. The second kappa shape index (κ2) is 9.19. The number of hydrogen-bond donors (Lipinski definition) is 1. The van der Waals surface area contributed by atoms with E-state index in [0.717, 1.165) is 28.4 Å². The third kappa shape index (κ3) is 5.56. The second-order valence-electron chi connectivity index (χ2n) is 6.01. The predicted octanol–water partition coefficient (Wildman–Crippen LogP) is 3.86. The van der Waals surface area contributed by atoms with Crippen LogP contribution in [0.5, 0.6) is 11.5 Å². The average Bonchev–Trinajstić information content (AvgIpc) is 3.13. The SMILES string of the molecule is COc1ccc(OCC(=O)NCCc2ccc(-c3csc(C)n3)cc2)cc1. The molecule has 0 aliphatic heterocycles. The number of nitrogens with zero attached hydrogens (tertiary/aromatic N) is 1. The molecule has 140 valence electrons. The van der Waals surface area contributed by atoms with E-state index in [0.29, 0.717) is 12.3 Å². The number of carbonyl (C=O) groups excluding carboxylic acids is 1. The maximum atomic E-state index is 11.9. The zero-order chi connectivity index (χ0) is 19.1. The van der Waals surface area contributed by atoms with Crippen molar-refractivity contribution < 1.29 is 14.3 Å². The molecule has 6 heteroatoms. The molecular weight excluding hydrogens is 360 g/mol. The van der Waals surface area contributed by atoms with Crippen molar-refractivity contribution in [1.82, 2.24) is 10.3 Å². The van der Waals surface area contributed by atoms with Crippen LogP contribution in [-0.4, -0.2) is 31.2 Å². The van der Waals surface area contributed by atoms with Crippen molar-refractivity contribution in [3.63, 3.8) is 0 Å². The number of nitrogens with one attached hydrogen (secondary N) is 1. The number of amides is 1. The van der Waals surface area contributed by atoms with Gasteiger partial charge in [0.1, 0.15) is 11.5 Å². The van der Waals surface area contributed by atoms with E-state index in [-0.39, 0.29) is 12.5 Å².